The van der Waals surface area contributed by atoms with Crippen molar-refractivity contribution in [3.05, 3.63) is 48.3 Å². The molecule has 1 aromatic heterocycles. The zero-order valence-corrected chi connectivity index (χ0v) is 13.5. The molecule has 23 heavy (non-hydrogen) atoms. The van der Waals surface area contributed by atoms with Crippen molar-refractivity contribution in [3.63, 3.8) is 0 Å². The summed E-state index contributed by atoms with van der Waals surface area (Å²) in [5.41, 5.74) is 1.88. The second-order valence-corrected chi connectivity index (χ2v) is 5.94. The topological polar surface area (TPSA) is 53.4 Å². The van der Waals surface area contributed by atoms with Gasteiger partial charge in [-0.3, -0.25) is 9.69 Å². The van der Waals surface area contributed by atoms with Gasteiger partial charge in [0.15, 0.2) is 0 Å². The van der Waals surface area contributed by atoms with Crippen molar-refractivity contribution in [2.24, 2.45) is 0 Å². The Morgan fingerprint density at radius 2 is 1.87 bits per heavy atom. The Bertz CT molecular complexity index is 631. The number of nitrogens with zero attached hydrogens (tertiary/aromatic N) is 4. The molecule has 2 aromatic rings. The van der Waals surface area contributed by atoms with Crippen LogP contribution in [0.25, 0.3) is 5.69 Å². The number of aromatic nitrogens is 2. The maximum atomic E-state index is 12.0. The van der Waals surface area contributed by atoms with Gasteiger partial charge in [-0.2, -0.15) is 5.10 Å². The Labute approximate surface area is 136 Å². The third-order valence-electron chi connectivity index (χ3n) is 4.09. The summed E-state index contributed by atoms with van der Waals surface area (Å²) in [4.78, 5) is 16.5. The highest BCUT2D eigenvalue weighted by Crippen LogP contribution is 2.06. The van der Waals surface area contributed by atoms with Crippen LogP contribution in [0, 0.1) is 0 Å². The molecule has 1 N–H and O–H groups in total. The first-order valence-electron chi connectivity index (χ1n) is 7.98. The third kappa shape index (κ3) is 4.40. The summed E-state index contributed by atoms with van der Waals surface area (Å²) in [6, 6.07) is 11.9. The van der Waals surface area contributed by atoms with Gasteiger partial charge in [0.1, 0.15) is 0 Å². The van der Waals surface area contributed by atoms with Crippen molar-refractivity contribution in [1.82, 2.24) is 24.9 Å². The number of benzene rings is 1. The number of nitrogens with one attached hydrogen (secondary N) is 1. The molecule has 6 nitrogen and oxygen atoms in total. The summed E-state index contributed by atoms with van der Waals surface area (Å²) in [6.07, 6.45) is 1.91. The van der Waals surface area contributed by atoms with Gasteiger partial charge >= 0.3 is 0 Å². The number of amides is 1. The van der Waals surface area contributed by atoms with E-state index in [0.29, 0.717) is 13.1 Å². The summed E-state index contributed by atoms with van der Waals surface area (Å²) < 4.78 is 1.82. The number of carbonyl (C=O) groups is 1. The average molecular weight is 313 g/mol. The SMILES string of the molecule is CN1CCN(CC(=O)NCc2ccn(-c3ccccc3)n2)CC1. The molecule has 1 aliphatic heterocycles. The number of hydrogen-bond donors (Lipinski definition) is 1. The summed E-state index contributed by atoms with van der Waals surface area (Å²) in [7, 11) is 2.11. The largest absolute Gasteiger partial charge is 0.349 e. The van der Waals surface area contributed by atoms with E-state index in [1.165, 1.54) is 0 Å². The molecule has 2 heterocycles. The highest BCUT2D eigenvalue weighted by Gasteiger charge is 2.16. The number of rotatable bonds is 5. The first-order chi connectivity index (χ1) is 11.2. The summed E-state index contributed by atoms with van der Waals surface area (Å²) in [5.74, 6) is 0.0591. The van der Waals surface area contributed by atoms with E-state index in [4.69, 9.17) is 0 Å². The lowest BCUT2D eigenvalue weighted by molar-refractivity contribution is -0.122. The molecule has 1 saturated heterocycles. The normalized spacial score (nSPS) is 16.4. The monoisotopic (exact) mass is 313 g/mol. The van der Waals surface area contributed by atoms with Gasteiger partial charge in [0.2, 0.25) is 5.91 Å². The van der Waals surface area contributed by atoms with E-state index in [-0.39, 0.29) is 5.91 Å². The van der Waals surface area contributed by atoms with Gasteiger partial charge in [-0.1, -0.05) is 18.2 Å². The van der Waals surface area contributed by atoms with E-state index in [0.717, 1.165) is 37.6 Å². The van der Waals surface area contributed by atoms with Crippen LogP contribution in [-0.4, -0.2) is 65.3 Å². The van der Waals surface area contributed by atoms with E-state index in [2.05, 4.69) is 27.3 Å². The zero-order chi connectivity index (χ0) is 16.1. The Morgan fingerprint density at radius 1 is 1.13 bits per heavy atom. The predicted octanol–water partition coefficient (Wildman–Crippen LogP) is 0.736. The lowest BCUT2D eigenvalue weighted by atomic mass is 10.3. The molecule has 1 aromatic carbocycles. The molecule has 0 aliphatic carbocycles. The van der Waals surface area contributed by atoms with Crippen LogP contribution in [-0.2, 0) is 11.3 Å². The van der Waals surface area contributed by atoms with Crippen molar-refractivity contribution < 1.29 is 4.79 Å². The molecule has 3 rings (SSSR count). The molecule has 122 valence electrons. The minimum Gasteiger partial charge on any atom is -0.349 e. The molecule has 0 saturated carbocycles. The number of hydrogen-bond acceptors (Lipinski definition) is 4. The van der Waals surface area contributed by atoms with Gasteiger partial charge in [0.05, 0.1) is 24.5 Å². The molecule has 0 radical (unpaired) electrons. The van der Waals surface area contributed by atoms with E-state index < -0.39 is 0 Å². The second-order valence-electron chi connectivity index (χ2n) is 5.94. The van der Waals surface area contributed by atoms with Crippen molar-refractivity contribution >= 4 is 5.91 Å². The van der Waals surface area contributed by atoms with Gasteiger partial charge in [-0.15, -0.1) is 0 Å². The van der Waals surface area contributed by atoms with Crippen LogP contribution in [0.15, 0.2) is 42.6 Å². The minimum atomic E-state index is 0.0591. The number of para-hydroxylation sites is 1. The van der Waals surface area contributed by atoms with Crippen molar-refractivity contribution in [2.75, 3.05) is 39.8 Å². The average Bonchev–Trinajstić information content (AvgIpc) is 3.05. The van der Waals surface area contributed by atoms with E-state index in [1.807, 2.05) is 47.3 Å². The first-order valence-corrected chi connectivity index (χ1v) is 7.98. The summed E-state index contributed by atoms with van der Waals surface area (Å²) in [6.45, 7) is 4.88. The fraction of sp³-hybridized carbons (Fsp3) is 0.412. The Hall–Kier alpha value is -2.18. The highest BCUT2D eigenvalue weighted by molar-refractivity contribution is 5.77. The molecule has 0 spiro atoms. The molecule has 0 unspecified atom stereocenters. The van der Waals surface area contributed by atoms with Gasteiger partial charge in [-0.05, 0) is 25.2 Å². The van der Waals surface area contributed by atoms with Crippen LogP contribution < -0.4 is 5.32 Å². The van der Waals surface area contributed by atoms with Crippen LogP contribution in [0.1, 0.15) is 5.69 Å². The van der Waals surface area contributed by atoms with E-state index in [9.17, 15) is 4.79 Å². The molecule has 0 atom stereocenters. The molecule has 1 fully saturated rings. The van der Waals surface area contributed by atoms with Crippen molar-refractivity contribution in [1.29, 1.82) is 0 Å². The Morgan fingerprint density at radius 3 is 2.61 bits per heavy atom. The standard InChI is InChI=1S/C17H23N5O/c1-20-9-11-21(12-10-20)14-17(23)18-13-15-7-8-22(19-15)16-5-3-2-4-6-16/h2-8H,9-14H2,1H3,(H,18,23). The molecule has 6 heteroatoms. The van der Waals surface area contributed by atoms with Gasteiger partial charge in [0, 0.05) is 32.4 Å². The molecular weight excluding hydrogens is 290 g/mol. The predicted molar refractivity (Wildman–Crippen MR) is 89.3 cm³/mol. The Kier molecular flexibility index (Phi) is 5.05. The van der Waals surface area contributed by atoms with E-state index in [1.54, 1.807) is 0 Å². The van der Waals surface area contributed by atoms with Crippen molar-refractivity contribution in [3.8, 4) is 5.69 Å². The van der Waals surface area contributed by atoms with Crippen LogP contribution in [0.3, 0.4) is 0 Å². The maximum absolute atomic E-state index is 12.0. The Balaban J connectivity index is 1.47. The second kappa shape index (κ2) is 7.39. The zero-order valence-electron chi connectivity index (χ0n) is 13.5. The lowest BCUT2D eigenvalue weighted by Crippen LogP contribution is -2.48. The van der Waals surface area contributed by atoms with Crippen LogP contribution in [0.5, 0.6) is 0 Å². The summed E-state index contributed by atoms with van der Waals surface area (Å²) >= 11 is 0. The molecule has 0 bridgehead atoms. The van der Waals surface area contributed by atoms with Crippen LogP contribution >= 0.6 is 0 Å². The first kappa shape index (κ1) is 15.7. The molecule has 1 amide bonds. The summed E-state index contributed by atoms with van der Waals surface area (Å²) in [5, 5.41) is 7.44. The van der Waals surface area contributed by atoms with Gasteiger partial charge in [-0.25, -0.2) is 4.68 Å². The number of likely N-dealkylation sites (N-methyl/N-ethyl adjacent to an activating group) is 1. The number of carbonyl (C=O) groups excluding carboxylic acids is 1. The smallest absolute Gasteiger partial charge is 0.234 e. The fourth-order valence-electron chi connectivity index (χ4n) is 2.63. The molecular formula is C17H23N5O. The maximum Gasteiger partial charge on any atom is 0.234 e. The third-order valence-corrected chi connectivity index (χ3v) is 4.09. The van der Waals surface area contributed by atoms with Crippen molar-refractivity contribution in [2.45, 2.75) is 6.54 Å². The minimum absolute atomic E-state index is 0.0591. The van der Waals surface area contributed by atoms with Gasteiger partial charge in [0.25, 0.3) is 0 Å². The number of piperazine rings is 1. The van der Waals surface area contributed by atoms with Gasteiger partial charge < -0.3 is 10.2 Å². The van der Waals surface area contributed by atoms with E-state index >= 15 is 0 Å². The quantitative estimate of drug-likeness (QED) is 0.884. The lowest BCUT2D eigenvalue weighted by Gasteiger charge is -2.31. The highest BCUT2D eigenvalue weighted by atomic mass is 16.2. The van der Waals surface area contributed by atoms with Crippen LogP contribution in [0.2, 0.25) is 0 Å². The molecule has 1 aliphatic rings. The fourth-order valence-corrected chi connectivity index (χ4v) is 2.63. The van der Waals surface area contributed by atoms with Crippen LogP contribution in [0.4, 0.5) is 0 Å².